The summed E-state index contributed by atoms with van der Waals surface area (Å²) in [6.45, 7) is 7.34. The zero-order valence-corrected chi connectivity index (χ0v) is 14.4. The predicted octanol–water partition coefficient (Wildman–Crippen LogP) is 5.04. The van der Waals surface area contributed by atoms with Crippen molar-refractivity contribution in [3.63, 3.8) is 0 Å². The molecule has 120 valence electrons. The molecule has 2 aromatic carbocycles. The molecule has 0 aliphatic carbocycles. The van der Waals surface area contributed by atoms with Crippen LogP contribution in [0, 0.1) is 20.8 Å². The minimum atomic E-state index is 0.764. The summed E-state index contributed by atoms with van der Waals surface area (Å²) < 4.78 is 0. The molecular weight excluding hydrogens is 280 g/mol. The highest BCUT2D eigenvalue weighted by Gasteiger charge is 2.16. The largest absolute Gasteiger partial charge is 0.354 e. The molecule has 3 rings (SSSR count). The van der Waals surface area contributed by atoms with Gasteiger partial charge in [-0.2, -0.15) is 0 Å². The van der Waals surface area contributed by atoms with Crippen LogP contribution in [-0.4, -0.2) is 11.5 Å². The first-order chi connectivity index (χ1) is 11.1. The number of nitrogens with two attached hydrogens (primary N) is 1. The van der Waals surface area contributed by atoms with Gasteiger partial charge in [-0.1, -0.05) is 36.4 Å². The van der Waals surface area contributed by atoms with Crippen LogP contribution >= 0.6 is 0 Å². The second kappa shape index (κ2) is 6.59. The number of fused-ring (bicyclic) bond motifs is 1. The molecule has 0 bridgehead atoms. The highest BCUT2D eigenvalue weighted by molar-refractivity contribution is 5.95. The van der Waals surface area contributed by atoms with Gasteiger partial charge in [-0.25, -0.2) is 0 Å². The van der Waals surface area contributed by atoms with E-state index in [-0.39, 0.29) is 0 Å². The normalized spacial score (nSPS) is 11.3. The third-order valence-electron chi connectivity index (χ3n) is 4.77. The van der Waals surface area contributed by atoms with Crippen LogP contribution in [0.5, 0.6) is 0 Å². The van der Waals surface area contributed by atoms with Crippen LogP contribution in [0.15, 0.2) is 36.4 Å². The number of aryl methyl sites for hydroxylation is 4. The van der Waals surface area contributed by atoms with Gasteiger partial charge in [0, 0.05) is 22.2 Å². The summed E-state index contributed by atoms with van der Waals surface area (Å²) in [5.74, 6) is 0. The topological polar surface area (TPSA) is 41.8 Å². The van der Waals surface area contributed by atoms with Crippen LogP contribution in [-0.2, 0) is 6.42 Å². The minimum Gasteiger partial charge on any atom is -0.354 e. The van der Waals surface area contributed by atoms with Crippen molar-refractivity contribution in [2.24, 2.45) is 5.73 Å². The number of aromatic amines is 1. The summed E-state index contributed by atoms with van der Waals surface area (Å²) in [7, 11) is 0. The average Bonchev–Trinajstić information content (AvgIpc) is 2.92. The summed E-state index contributed by atoms with van der Waals surface area (Å²) in [5, 5.41) is 1.40. The molecule has 2 heteroatoms. The van der Waals surface area contributed by atoms with E-state index >= 15 is 0 Å². The third-order valence-corrected chi connectivity index (χ3v) is 4.77. The molecule has 0 fully saturated rings. The lowest BCUT2D eigenvalue weighted by molar-refractivity contribution is 0.748. The summed E-state index contributed by atoms with van der Waals surface area (Å²) in [4.78, 5) is 3.73. The van der Waals surface area contributed by atoms with Gasteiger partial charge in [0.05, 0.1) is 0 Å². The Morgan fingerprint density at radius 3 is 2.35 bits per heavy atom. The zero-order chi connectivity index (χ0) is 16.4. The fourth-order valence-corrected chi connectivity index (χ4v) is 3.47. The smallest absolute Gasteiger partial charge is 0.0500 e. The van der Waals surface area contributed by atoms with E-state index in [1.165, 1.54) is 44.4 Å². The van der Waals surface area contributed by atoms with E-state index in [1.807, 2.05) is 0 Å². The number of rotatable bonds is 5. The standard InChI is InChI=1S/C21H26N2/c1-14-8-4-5-9-17(14)21-18(10-6-7-13-22)19-15(2)11-12-16(3)20(19)23-21/h4-5,8-9,11-12,23H,6-7,10,13,22H2,1-3H3. The SMILES string of the molecule is Cc1ccccc1-c1[nH]c2c(C)ccc(C)c2c1CCCCN. The predicted molar refractivity (Wildman–Crippen MR) is 99.9 cm³/mol. The van der Waals surface area contributed by atoms with E-state index in [0.29, 0.717) is 0 Å². The molecule has 0 radical (unpaired) electrons. The molecule has 0 atom stereocenters. The number of benzene rings is 2. The molecular formula is C21H26N2. The van der Waals surface area contributed by atoms with Crippen molar-refractivity contribution in [1.82, 2.24) is 4.98 Å². The molecule has 1 heterocycles. The van der Waals surface area contributed by atoms with Gasteiger partial charge in [0.15, 0.2) is 0 Å². The van der Waals surface area contributed by atoms with Crippen molar-refractivity contribution in [1.29, 1.82) is 0 Å². The molecule has 0 saturated carbocycles. The van der Waals surface area contributed by atoms with E-state index in [4.69, 9.17) is 5.73 Å². The maximum Gasteiger partial charge on any atom is 0.0500 e. The second-order valence-corrected chi connectivity index (χ2v) is 6.49. The lowest BCUT2D eigenvalue weighted by Crippen LogP contribution is -1.99. The van der Waals surface area contributed by atoms with Crippen LogP contribution < -0.4 is 5.73 Å². The van der Waals surface area contributed by atoms with Gasteiger partial charge < -0.3 is 10.7 Å². The van der Waals surface area contributed by atoms with Gasteiger partial charge in [-0.05, 0) is 68.8 Å². The zero-order valence-electron chi connectivity index (χ0n) is 14.4. The third kappa shape index (κ3) is 2.91. The Hall–Kier alpha value is -2.06. The summed E-state index contributed by atoms with van der Waals surface area (Å²) in [5.41, 5.74) is 15.0. The van der Waals surface area contributed by atoms with Crippen LogP contribution in [0.2, 0.25) is 0 Å². The van der Waals surface area contributed by atoms with Crippen LogP contribution in [0.25, 0.3) is 22.2 Å². The number of hydrogen-bond donors (Lipinski definition) is 2. The van der Waals surface area contributed by atoms with E-state index in [0.717, 1.165) is 25.8 Å². The summed E-state index contributed by atoms with van der Waals surface area (Å²) >= 11 is 0. The van der Waals surface area contributed by atoms with Crippen molar-refractivity contribution in [2.75, 3.05) is 6.54 Å². The van der Waals surface area contributed by atoms with E-state index in [1.54, 1.807) is 0 Å². The Balaban J connectivity index is 2.24. The molecule has 3 N–H and O–H groups in total. The Kier molecular flexibility index (Phi) is 4.53. The molecule has 23 heavy (non-hydrogen) atoms. The fraction of sp³-hybridized carbons (Fsp3) is 0.333. The van der Waals surface area contributed by atoms with Crippen molar-refractivity contribution >= 4 is 10.9 Å². The van der Waals surface area contributed by atoms with Crippen molar-refractivity contribution in [3.8, 4) is 11.3 Å². The summed E-state index contributed by atoms with van der Waals surface area (Å²) in [6, 6.07) is 13.1. The van der Waals surface area contributed by atoms with Crippen molar-refractivity contribution in [3.05, 3.63) is 58.7 Å². The first kappa shape index (κ1) is 15.8. The Morgan fingerprint density at radius 2 is 1.61 bits per heavy atom. The van der Waals surface area contributed by atoms with Crippen molar-refractivity contribution in [2.45, 2.75) is 40.0 Å². The first-order valence-corrected chi connectivity index (χ1v) is 8.50. The first-order valence-electron chi connectivity index (χ1n) is 8.50. The fourth-order valence-electron chi connectivity index (χ4n) is 3.47. The van der Waals surface area contributed by atoms with Gasteiger partial charge in [-0.15, -0.1) is 0 Å². The van der Waals surface area contributed by atoms with Crippen LogP contribution in [0.1, 0.15) is 35.1 Å². The lowest BCUT2D eigenvalue weighted by Gasteiger charge is -2.09. The van der Waals surface area contributed by atoms with Gasteiger partial charge in [0.2, 0.25) is 0 Å². The van der Waals surface area contributed by atoms with E-state index in [9.17, 15) is 0 Å². The van der Waals surface area contributed by atoms with Crippen LogP contribution in [0.4, 0.5) is 0 Å². The average molecular weight is 306 g/mol. The van der Waals surface area contributed by atoms with Gasteiger partial charge >= 0.3 is 0 Å². The molecule has 0 amide bonds. The molecule has 3 aromatic rings. The Labute approximate surface area is 138 Å². The quantitative estimate of drug-likeness (QED) is 0.637. The number of H-pyrrole nitrogens is 1. The number of unbranched alkanes of at least 4 members (excludes halogenated alkanes) is 1. The minimum absolute atomic E-state index is 0.764. The van der Waals surface area contributed by atoms with E-state index in [2.05, 4.69) is 62.2 Å². The molecule has 0 unspecified atom stereocenters. The van der Waals surface area contributed by atoms with Crippen LogP contribution in [0.3, 0.4) is 0 Å². The van der Waals surface area contributed by atoms with Gasteiger partial charge in [0.1, 0.15) is 0 Å². The Bertz CT molecular complexity index is 827. The maximum atomic E-state index is 5.70. The number of aromatic nitrogens is 1. The molecule has 0 spiro atoms. The lowest BCUT2D eigenvalue weighted by atomic mass is 9.95. The highest BCUT2D eigenvalue weighted by atomic mass is 14.7. The highest BCUT2D eigenvalue weighted by Crippen LogP contribution is 2.36. The molecule has 0 aliphatic heterocycles. The number of hydrogen-bond acceptors (Lipinski definition) is 1. The summed E-state index contributed by atoms with van der Waals surface area (Å²) in [6.07, 6.45) is 3.28. The molecule has 1 aromatic heterocycles. The maximum absolute atomic E-state index is 5.70. The molecule has 0 aliphatic rings. The van der Waals surface area contributed by atoms with Gasteiger partial charge in [0.25, 0.3) is 0 Å². The second-order valence-electron chi connectivity index (χ2n) is 6.49. The van der Waals surface area contributed by atoms with Gasteiger partial charge in [-0.3, -0.25) is 0 Å². The Morgan fingerprint density at radius 1 is 0.870 bits per heavy atom. The van der Waals surface area contributed by atoms with Crippen molar-refractivity contribution < 1.29 is 0 Å². The molecule has 2 nitrogen and oxygen atoms in total. The number of nitrogens with one attached hydrogen (secondary N) is 1. The molecule has 0 saturated heterocycles. The van der Waals surface area contributed by atoms with E-state index < -0.39 is 0 Å². The monoisotopic (exact) mass is 306 g/mol.